The van der Waals surface area contributed by atoms with E-state index in [9.17, 15) is 18.0 Å². The lowest BCUT2D eigenvalue weighted by molar-refractivity contribution is -0.135. The van der Waals surface area contributed by atoms with Gasteiger partial charge >= 0.3 is 5.69 Å². The third kappa shape index (κ3) is 5.48. The summed E-state index contributed by atoms with van der Waals surface area (Å²) in [5, 5.41) is 0. The van der Waals surface area contributed by atoms with Gasteiger partial charge in [0.05, 0.1) is 23.0 Å². The number of para-hydroxylation sites is 2. The third-order valence-electron chi connectivity index (χ3n) is 8.78. The second-order valence-corrected chi connectivity index (χ2v) is 13.1. The summed E-state index contributed by atoms with van der Waals surface area (Å²) in [6, 6.07) is 21.3. The average molecular weight is 604 g/mol. The van der Waals surface area contributed by atoms with Crippen molar-refractivity contribution in [2.75, 3.05) is 53.4 Å². The number of fused-ring (bicyclic) bond motifs is 1. The van der Waals surface area contributed by atoms with Crippen LogP contribution in [0.1, 0.15) is 24.4 Å². The molecule has 0 radical (unpaired) electrons. The number of rotatable bonds is 7. The highest BCUT2D eigenvalue weighted by atomic mass is 32.2. The van der Waals surface area contributed by atoms with Crippen molar-refractivity contribution in [3.05, 3.63) is 94.9 Å². The van der Waals surface area contributed by atoms with Gasteiger partial charge in [-0.15, -0.1) is 0 Å². The van der Waals surface area contributed by atoms with Crippen LogP contribution in [0.15, 0.2) is 88.6 Å². The molecule has 3 aromatic carbocycles. The van der Waals surface area contributed by atoms with Crippen molar-refractivity contribution >= 4 is 27.0 Å². The topological polar surface area (TPSA) is 97.1 Å². The van der Waals surface area contributed by atoms with Crippen LogP contribution in [-0.2, 0) is 14.8 Å². The van der Waals surface area contributed by atoms with E-state index >= 15 is 0 Å². The number of benzene rings is 3. The molecule has 6 rings (SSSR count). The number of nitrogens with zero attached hydrogens (tertiary/aromatic N) is 5. The second kappa shape index (κ2) is 12.0. The number of carbonyl (C=O) groups excluding carboxylic acids is 1. The Morgan fingerprint density at radius 1 is 0.814 bits per heavy atom. The summed E-state index contributed by atoms with van der Waals surface area (Å²) in [6.07, 6.45) is 2.24. The van der Waals surface area contributed by atoms with Crippen LogP contribution in [0, 0.1) is 0 Å². The maximum atomic E-state index is 14.4. The summed E-state index contributed by atoms with van der Waals surface area (Å²) in [5.41, 5.74) is 0.419. The first-order valence-electron chi connectivity index (χ1n) is 14.7. The van der Waals surface area contributed by atoms with Crippen molar-refractivity contribution < 1.29 is 17.9 Å². The summed E-state index contributed by atoms with van der Waals surface area (Å²) in [6.45, 7) is 4.78. The maximum absolute atomic E-state index is 14.4. The van der Waals surface area contributed by atoms with Crippen LogP contribution in [0.4, 0.5) is 0 Å². The first-order valence-corrected chi connectivity index (χ1v) is 16.1. The van der Waals surface area contributed by atoms with Crippen LogP contribution < -0.4 is 10.4 Å². The first-order chi connectivity index (χ1) is 20.8. The molecule has 2 fully saturated rings. The Balaban J connectivity index is 1.39. The minimum atomic E-state index is -4.30. The van der Waals surface area contributed by atoms with Crippen LogP contribution in [0.3, 0.4) is 0 Å². The molecule has 0 saturated carbocycles. The van der Waals surface area contributed by atoms with Gasteiger partial charge in [0.1, 0.15) is 11.8 Å². The predicted molar refractivity (Wildman–Crippen MR) is 165 cm³/mol. The second-order valence-electron chi connectivity index (χ2n) is 11.3. The zero-order valence-electron chi connectivity index (χ0n) is 24.5. The SMILES string of the molecule is COc1ccc(S(=O)(=O)n2c(=O)n(C(C(=O)N3CCN(C4CCN(C)CC4)CC3)c3ccccc3)c3ccccc32)cc1. The van der Waals surface area contributed by atoms with Crippen LogP contribution >= 0.6 is 0 Å². The molecule has 10 nitrogen and oxygen atoms in total. The number of hydrogen-bond acceptors (Lipinski definition) is 7. The van der Waals surface area contributed by atoms with E-state index in [1.807, 2.05) is 35.2 Å². The molecular formula is C32H37N5O5S. The van der Waals surface area contributed by atoms with Crippen LogP contribution in [0.25, 0.3) is 11.0 Å². The van der Waals surface area contributed by atoms with E-state index in [1.54, 1.807) is 36.4 Å². The molecule has 0 aliphatic carbocycles. The number of methoxy groups -OCH3 is 1. The Bertz CT molecular complexity index is 1750. The van der Waals surface area contributed by atoms with Gasteiger partial charge in [-0.2, -0.15) is 3.97 Å². The average Bonchev–Trinajstić information content (AvgIpc) is 3.34. The van der Waals surface area contributed by atoms with Crippen LogP contribution in [0.2, 0.25) is 0 Å². The molecular weight excluding hydrogens is 566 g/mol. The molecule has 1 atom stereocenters. The largest absolute Gasteiger partial charge is 0.497 e. The van der Waals surface area contributed by atoms with E-state index in [2.05, 4.69) is 16.8 Å². The Morgan fingerprint density at radius 2 is 1.42 bits per heavy atom. The van der Waals surface area contributed by atoms with Crippen LogP contribution in [0.5, 0.6) is 5.75 Å². The van der Waals surface area contributed by atoms with Crippen molar-refractivity contribution in [1.29, 1.82) is 0 Å². The Labute approximate surface area is 251 Å². The van der Waals surface area contributed by atoms with E-state index in [1.165, 1.54) is 23.8 Å². The van der Waals surface area contributed by atoms with Crippen molar-refractivity contribution in [2.24, 2.45) is 0 Å². The number of imidazole rings is 1. The van der Waals surface area contributed by atoms with Gasteiger partial charge < -0.3 is 14.5 Å². The van der Waals surface area contributed by atoms with Gasteiger partial charge in [-0.3, -0.25) is 14.3 Å². The van der Waals surface area contributed by atoms with Gasteiger partial charge in [0.2, 0.25) is 0 Å². The minimum absolute atomic E-state index is 0.0501. The molecule has 1 amide bonds. The van der Waals surface area contributed by atoms with Gasteiger partial charge in [-0.25, -0.2) is 13.2 Å². The first kappa shape index (κ1) is 29.2. The highest BCUT2D eigenvalue weighted by molar-refractivity contribution is 7.90. The van der Waals surface area contributed by atoms with E-state index < -0.39 is 21.8 Å². The highest BCUT2D eigenvalue weighted by Crippen LogP contribution is 2.28. The number of likely N-dealkylation sites (tertiary alicyclic amines) is 1. The zero-order valence-corrected chi connectivity index (χ0v) is 25.3. The van der Waals surface area contributed by atoms with Crippen molar-refractivity contribution in [2.45, 2.75) is 29.8 Å². The molecule has 4 aromatic rings. The van der Waals surface area contributed by atoms with Gasteiger partial charge in [0, 0.05) is 32.2 Å². The quantitative estimate of drug-likeness (QED) is 0.321. The van der Waals surface area contributed by atoms with Gasteiger partial charge in [0.25, 0.3) is 15.9 Å². The summed E-state index contributed by atoms with van der Waals surface area (Å²) in [5.74, 6) is 0.278. The van der Waals surface area contributed by atoms with Crippen molar-refractivity contribution in [1.82, 2.24) is 23.2 Å². The van der Waals surface area contributed by atoms with E-state index in [0.717, 1.165) is 43.0 Å². The fourth-order valence-corrected chi connectivity index (χ4v) is 7.75. The van der Waals surface area contributed by atoms with Gasteiger partial charge in [0.15, 0.2) is 0 Å². The molecule has 0 N–H and O–H groups in total. The summed E-state index contributed by atoms with van der Waals surface area (Å²) < 4.78 is 35.2. The number of carbonyl (C=O) groups is 1. The molecule has 1 aromatic heterocycles. The standard InChI is InChI=1S/C32H37N5O5S/c1-33-18-16-25(17-19-33)34-20-22-35(23-21-34)31(38)30(24-8-4-3-5-9-24)36-28-10-6-7-11-29(28)37(32(36)39)43(40,41)27-14-12-26(42-2)13-15-27/h3-15,25,30H,16-23H2,1-2H3. The molecule has 226 valence electrons. The van der Waals surface area contributed by atoms with E-state index in [4.69, 9.17) is 4.74 Å². The molecule has 0 spiro atoms. The number of ether oxygens (including phenoxy) is 1. The smallest absolute Gasteiger partial charge is 0.344 e. The highest BCUT2D eigenvalue weighted by Gasteiger charge is 2.36. The van der Waals surface area contributed by atoms with E-state index in [0.29, 0.717) is 36.0 Å². The monoisotopic (exact) mass is 603 g/mol. The van der Waals surface area contributed by atoms with Crippen molar-refractivity contribution in [3.8, 4) is 5.75 Å². The fourth-order valence-electron chi connectivity index (χ4n) is 6.36. The third-order valence-corrected chi connectivity index (χ3v) is 10.5. The normalized spacial score (nSPS) is 18.1. The minimum Gasteiger partial charge on any atom is -0.497 e. The number of piperidine rings is 1. The molecule has 1 unspecified atom stereocenters. The molecule has 2 saturated heterocycles. The maximum Gasteiger partial charge on any atom is 0.344 e. The van der Waals surface area contributed by atoms with Gasteiger partial charge in [-0.05, 0) is 74.9 Å². The molecule has 0 bridgehead atoms. The molecule has 43 heavy (non-hydrogen) atoms. The van der Waals surface area contributed by atoms with E-state index in [-0.39, 0.29) is 16.3 Å². The molecule has 3 heterocycles. The summed E-state index contributed by atoms with van der Waals surface area (Å²) in [7, 11) is -0.650. The molecule has 11 heteroatoms. The lowest BCUT2D eigenvalue weighted by Crippen LogP contribution is -2.55. The Hall–Kier alpha value is -3.93. The van der Waals surface area contributed by atoms with Crippen molar-refractivity contribution in [3.63, 3.8) is 0 Å². The Kier molecular flexibility index (Phi) is 8.13. The molecule has 2 aliphatic heterocycles. The summed E-state index contributed by atoms with van der Waals surface area (Å²) in [4.78, 5) is 35.2. The zero-order chi connectivity index (χ0) is 30.1. The predicted octanol–water partition coefficient (Wildman–Crippen LogP) is 2.88. The lowest BCUT2D eigenvalue weighted by atomic mass is 10.0. The number of hydrogen-bond donors (Lipinski definition) is 0. The fraction of sp³-hybridized carbons (Fsp3) is 0.375. The number of piperazine rings is 1. The number of amides is 1. The number of aromatic nitrogens is 2. The Morgan fingerprint density at radius 3 is 2.05 bits per heavy atom. The summed E-state index contributed by atoms with van der Waals surface area (Å²) >= 11 is 0. The molecule has 2 aliphatic rings. The lowest BCUT2D eigenvalue weighted by Gasteiger charge is -2.42. The van der Waals surface area contributed by atoms with Gasteiger partial charge in [-0.1, -0.05) is 42.5 Å². The van der Waals surface area contributed by atoms with Crippen LogP contribution in [-0.4, -0.2) is 97.0 Å².